The van der Waals surface area contributed by atoms with Gasteiger partial charge in [-0.2, -0.15) is 17.9 Å². The standard InChI is InChI=1S/C17H30N6O7S/c1-9(24)14(17(26)27)23-31(28,29)22-12(8-13(19)25)16-21-20-15(30-16)11(18)7-10-5-3-2-4-6-10/h9-12,14,22-24H,2-8,18H2,1H3,(H2,19,25)(H,26,27)/t9?,11-,12-,14?/m0/s1. The highest BCUT2D eigenvalue weighted by Crippen LogP contribution is 2.31. The lowest BCUT2D eigenvalue weighted by molar-refractivity contribution is -0.141. The first kappa shape index (κ1) is 25.1. The highest BCUT2D eigenvalue weighted by atomic mass is 32.2. The predicted octanol–water partition coefficient (Wildman–Crippen LogP) is -0.786. The Kier molecular flexibility index (Phi) is 8.88. The molecule has 1 aliphatic rings. The first-order valence-corrected chi connectivity index (χ1v) is 11.5. The fraction of sp³-hybridized carbons (Fsp3) is 0.765. The Balaban J connectivity index is 2.13. The topological polar surface area (TPSA) is 224 Å². The van der Waals surface area contributed by atoms with Gasteiger partial charge in [0.05, 0.1) is 18.6 Å². The summed E-state index contributed by atoms with van der Waals surface area (Å²) in [5, 5.41) is 26.2. The van der Waals surface area contributed by atoms with Crippen molar-refractivity contribution in [3.8, 4) is 0 Å². The number of amides is 1. The van der Waals surface area contributed by atoms with E-state index in [0.717, 1.165) is 32.6 Å². The maximum atomic E-state index is 12.4. The molecule has 1 aliphatic carbocycles. The number of nitrogens with one attached hydrogen (secondary N) is 2. The largest absolute Gasteiger partial charge is 0.480 e. The van der Waals surface area contributed by atoms with Gasteiger partial charge in [-0.1, -0.05) is 32.1 Å². The van der Waals surface area contributed by atoms with Crippen LogP contribution in [0.1, 0.15) is 75.7 Å². The lowest BCUT2D eigenvalue weighted by Gasteiger charge is -2.23. The first-order valence-electron chi connectivity index (χ1n) is 10.1. The normalized spacial score (nSPS) is 19.5. The molecule has 1 saturated carbocycles. The number of aliphatic hydroxyl groups excluding tert-OH is 1. The number of carboxylic acids is 1. The van der Waals surface area contributed by atoms with E-state index in [4.69, 9.17) is 21.0 Å². The number of carboxylic acid groups (broad SMARTS) is 1. The Morgan fingerprint density at radius 1 is 1.19 bits per heavy atom. The molecule has 8 N–H and O–H groups in total. The number of rotatable bonds is 12. The molecule has 0 radical (unpaired) electrons. The zero-order chi connectivity index (χ0) is 23.2. The summed E-state index contributed by atoms with van der Waals surface area (Å²) in [6, 6.07) is -3.70. The summed E-state index contributed by atoms with van der Waals surface area (Å²) in [4.78, 5) is 22.6. The van der Waals surface area contributed by atoms with E-state index in [1.54, 1.807) is 4.72 Å². The van der Waals surface area contributed by atoms with E-state index >= 15 is 0 Å². The van der Waals surface area contributed by atoms with E-state index in [2.05, 4.69) is 14.9 Å². The molecule has 0 aromatic carbocycles. The SMILES string of the molecule is CC(O)C(NS(=O)(=O)N[C@@H](CC(N)=O)c1nnc([C@@H](N)CC2CCCCC2)o1)C(=O)O. The van der Waals surface area contributed by atoms with Gasteiger partial charge in [0.15, 0.2) is 0 Å². The number of nitrogens with two attached hydrogens (primary N) is 2. The molecule has 2 unspecified atom stereocenters. The van der Waals surface area contributed by atoms with Crippen LogP contribution < -0.4 is 20.9 Å². The molecular weight excluding hydrogens is 432 g/mol. The van der Waals surface area contributed by atoms with E-state index in [-0.39, 0.29) is 11.8 Å². The average molecular weight is 463 g/mol. The van der Waals surface area contributed by atoms with Gasteiger partial charge in [0.2, 0.25) is 17.7 Å². The molecule has 1 aromatic heterocycles. The van der Waals surface area contributed by atoms with Crippen LogP contribution in [0, 0.1) is 5.92 Å². The highest BCUT2D eigenvalue weighted by molar-refractivity contribution is 7.87. The zero-order valence-electron chi connectivity index (χ0n) is 17.2. The fourth-order valence-electron chi connectivity index (χ4n) is 3.54. The molecule has 14 heteroatoms. The van der Waals surface area contributed by atoms with E-state index in [1.807, 2.05) is 0 Å². The molecule has 0 spiro atoms. The van der Waals surface area contributed by atoms with Crippen molar-refractivity contribution in [1.29, 1.82) is 0 Å². The van der Waals surface area contributed by atoms with Gasteiger partial charge in [-0.05, 0) is 19.3 Å². The maximum Gasteiger partial charge on any atom is 0.324 e. The van der Waals surface area contributed by atoms with Crippen LogP contribution in [0.4, 0.5) is 0 Å². The summed E-state index contributed by atoms with van der Waals surface area (Å²) in [5.74, 6) is -2.13. The Morgan fingerprint density at radius 2 is 1.81 bits per heavy atom. The molecular formula is C17H30N6O7S. The van der Waals surface area contributed by atoms with Crippen LogP contribution in [0.25, 0.3) is 0 Å². The second-order valence-corrected chi connectivity index (χ2v) is 9.32. The van der Waals surface area contributed by atoms with E-state index < -0.39 is 52.7 Å². The van der Waals surface area contributed by atoms with Crippen molar-refractivity contribution in [2.75, 3.05) is 0 Å². The van der Waals surface area contributed by atoms with Gasteiger partial charge in [-0.25, -0.2) is 0 Å². The summed E-state index contributed by atoms with van der Waals surface area (Å²) in [6.07, 6.45) is 4.24. The Hall–Kier alpha value is -2.13. The molecule has 4 atom stereocenters. The van der Waals surface area contributed by atoms with Crippen molar-refractivity contribution >= 4 is 22.1 Å². The minimum Gasteiger partial charge on any atom is -0.480 e. The molecule has 31 heavy (non-hydrogen) atoms. The second kappa shape index (κ2) is 10.9. The summed E-state index contributed by atoms with van der Waals surface area (Å²) >= 11 is 0. The third-order valence-corrected chi connectivity index (χ3v) is 6.28. The van der Waals surface area contributed by atoms with Crippen molar-refractivity contribution < 1.29 is 32.6 Å². The summed E-state index contributed by atoms with van der Waals surface area (Å²) in [5.41, 5.74) is 11.4. The van der Waals surface area contributed by atoms with Crippen LogP contribution in [0.2, 0.25) is 0 Å². The first-order chi connectivity index (χ1) is 14.5. The number of aromatic nitrogens is 2. The number of carbonyl (C=O) groups is 2. The minimum atomic E-state index is -4.51. The molecule has 1 heterocycles. The second-order valence-electron chi connectivity index (χ2n) is 7.84. The summed E-state index contributed by atoms with van der Waals surface area (Å²) in [6.45, 7) is 1.11. The Bertz CT molecular complexity index is 853. The van der Waals surface area contributed by atoms with Gasteiger partial charge in [0, 0.05) is 0 Å². The predicted molar refractivity (Wildman–Crippen MR) is 107 cm³/mol. The molecule has 0 saturated heterocycles. The van der Waals surface area contributed by atoms with Crippen LogP contribution in [0.5, 0.6) is 0 Å². The molecule has 13 nitrogen and oxygen atoms in total. The van der Waals surface area contributed by atoms with Crippen molar-refractivity contribution in [1.82, 2.24) is 19.6 Å². The molecule has 1 aromatic rings. The number of carbonyl (C=O) groups excluding carboxylic acids is 1. The smallest absolute Gasteiger partial charge is 0.324 e. The van der Waals surface area contributed by atoms with Crippen molar-refractivity contribution in [3.05, 3.63) is 11.8 Å². The van der Waals surface area contributed by atoms with Crippen LogP contribution in [0.15, 0.2) is 4.42 Å². The molecule has 2 rings (SSSR count). The lowest BCUT2D eigenvalue weighted by atomic mass is 9.85. The fourth-order valence-corrected chi connectivity index (χ4v) is 4.80. The van der Waals surface area contributed by atoms with Crippen molar-refractivity contribution in [2.24, 2.45) is 17.4 Å². The molecule has 0 aliphatic heterocycles. The molecule has 1 amide bonds. The molecule has 1 fully saturated rings. The number of aliphatic hydroxyl groups is 1. The Labute approximate surface area is 180 Å². The van der Waals surface area contributed by atoms with Gasteiger partial charge >= 0.3 is 5.97 Å². The summed E-state index contributed by atoms with van der Waals surface area (Å²) in [7, 11) is -4.51. The Morgan fingerprint density at radius 3 is 2.35 bits per heavy atom. The lowest BCUT2D eigenvalue weighted by Crippen LogP contribution is -2.52. The number of aliphatic carboxylic acids is 1. The van der Waals surface area contributed by atoms with Gasteiger partial charge in [-0.15, -0.1) is 10.2 Å². The minimum absolute atomic E-state index is 0.106. The zero-order valence-corrected chi connectivity index (χ0v) is 18.0. The average Bonchev–Trinajstić information content (AvgIpc) is 3.16. The van der Waals surface area contributed by atoms with Crippen LogP contribution in [-0.4, -0.2) is 52.9 Å². The maximum absolute atomic E-state index is 12.4. The quantitative estimate of drug-likeness (QED) is 0.227. The number of hydrogen-bond acceptors (Lipinski definition) is 9. The number of hydrogen-bond donors (Lipinski definition) is 6. The number of primary amides is 1. The van der Waals surface area contributed by atoms with Gasteiger partial charge in [0.1, 0.15) is 12.1 Å². The van der Waals surface area contributed by atoms with E-state index in [9.17, 15) is 23.1 Å². The van der Waals surface area contributed by atoms with Crippen LogP contribution in [-0.2, 0) is 19.8 Å². The molecule has 176 valence electrons. The number of nitrogens with zero attached hydrogens (tertiary/aromatic N) is 2. The molecule has 0 bridgehead atoms. The van der Waals surface area contributed by atoms with Gasteiger partial charge in [-0.3, -0.25) is 9.59 Å². The highest BCUT2D eigenvalue weighted by Gasteiger charge is 2.32. The third-order valence-electron chi connectivity index (χ3n) is 5.12. The van der Waals surface area contributed by atoms with Crippen LogP contribution in [0.3, 0.4) is 0 Å². The van der Waals surface area contributed by atoms with E-state index in [0.29, 0.717) is 12.3 Å². The van der Waals surface area contributed by atoms with Crippen molar-refractivity contribution in [2.45, 2.75) is 76.1 Å². The van der Waals surface area contributed by atoms with Gasteiger partial charge < -0.3 is 26.1 Å². The van der Waals surface area contributed by atoms with Crippen LogP contribution >= 0.6 is 0 Å². The summed E-state index contributed by atoms with van der Waals surface area (Å²) < 4.78 is 34.1. The van der Waals surface area contributed by atoms with Gasteiger partial charge in [0.25, 0.3) is 10.2 Å². The van der Waals surface area contributed by atoms with Crippen molar-refractivity contribution in [3.63, 3.8) is 0 Å². The van der Waals surface area contributed by atoms with E-state index in [1.165, 1.54) is 6.42 Å². The monoisotopic (exact) mass is 462 g/mol. The third kappa shape index (κ3) is 7.81.